The fourth-order valence-corrected chi connectivity index (χ4v) is 1.67. The van der Waals surface area contributed by atoms with Crippen LogP contribution in [0.15, 0.2) is 12.7 Å². The van der Waals surface area contributed by atoms with Gasteiger partial charge in [0.25, 0.3) is 0 Å². The summed E-state index contributed by atoms with van der Waals surface area (Å²) in [5.41, 5.74) is 0. The van der Waals surface area contributed by atoms with Crippen molar-refractivity contribution in [1.82, 2.24) is 0 Å². The average Bonchev–Trinajstić information content (AvgIpc) is 2.51. The molecule has 0 aromatic heterocycles. The van der Waals surface area contributed by atoms with E-state index in [0.717, 1.165) is 0 Å². The number of rotatable bonds is 9. The molecule has 0 aromatic carbocycles. The van der Waals surface area contributed by atoms with Crippen LogP contribution in [0.1, 0.15) is 6.42 Å². The molecule has 0 amide bonds. The van der Waals surface area contributed by atoms with E-state index in [2.05, 4.69) is 0 Å². The molecule has 0 N–H and O–H groups in total. The third kappa shape index (κ3) is 4.00. The molecule has 186 valence electrons. The molecule has 0 rings (SSSR count). The van der Waals surface area contributed by atoms with Crippen molar-refractivity contribution in [2.24, 2.45) is 0 Å². The summed E-state index contributed by atoms with van der Waals surface area (Å²) in [6.45, 7) is 1.77. The Labute approximate surface area is 157 Å². The fourth-order valence-electron chi connectivity index (χ4n) is 1.67. The number of hydrogen-bond donors (Lipinski definition) is 0. The summed E-state index contributed by atoms with van der Waals surface area (Å²) in [4.78, 5) is 0. The van der Waals surface area contributed by atoms with Crippen LogP contribution in [0.3, 0.4) is 0 Å². The van der Waals surface area contributed by atoms with Crippen LogP contribution in [0, 0.1) is 0 Å². The fraction of sp³-hybridized carbons (Fsp3) is 0.833. The number of allylic oxidation sites excluding steroid dienone is 1. The summed E-state index contributed by atoms with van der Waals surface area (Å²) in [7, 11) is 0. The molecule has 0 aliphatic heterocycles. The van der Waals surface area contributed by atoms with Gasteiger partial charge in [0.15, 0.2) is 0 Å². The van der Waals surface area contributed by atoms with Gasteiger partial charge in [-0.05, 0) is 6.08 Å². The molecule has 0 radical (unpaired) electrons. The number of halogens is 19. The molecule has 0 bridgehead atoms. The van der Waals surface area contributed by atoms with Crippen LogP contribution in [0.25, 0.3) is 0 Å². The normalized spacial score (nSPS) is 16.5. The second-order valence-corrected chi connectivity index (χ2v) is 5.78. The molecule has 0 saturated carbocycles. The van der Waals surface area contributed by atoms with E-state index < -0.39 is 66.1 Å². The Morgan fingerprint density at radius 2 is 0.710 bits per heavy atom. The van der Waals surface area contributed by atoms with Crippen molar-refractivity contribution in [3.8, 4) is 0 Å². The van der Waals surface area contributed by atoms with Crippen LogP contribution in [-0.2, 0) is 0 Å². The molecule has 0 atom stereocenters. The molecule has 31 heavy (non-hydrogen) atoms. The first-order valence-corrected chi connectivity index (χ1v) is 6.74. The van der Waals surface area contributed by atoms with E-state index >= 15 is 0 Å². The van der Waals surface area contributed by atoms with Crippen LogP contribution >= 0.6 is 0 Å². The smallest absolute Gasteiger partial charge is 0.199 e. The number of alkyl halides is 19. The van der Waals surface area contributed by atoms with E-state index in [1.54, 1.807) is 6.58 Å². The molecule has 0 nitrogen and oxygen atoms in total. The lowest BCUT2D eigenvalue weighted by atomic mass is 9.88. The van der Waals surface area contributed by atoms with Gasteiger partial charge < -0.3 is 0 Å². The van der Waals surface area contributed by atoms with E-state index in [4.69, 9.17) is 0 Å². The van der Waals surface area contributed by atoms with Gasteiger partial charge in [-0.25, -0.2) is 0 Å². The Balaban J connectivity index is 6.54. The summed E-state index contributed by atoms with van der Waals surface area (Å²) >= 11 is 0. The first-order chi connectivity index (χ1) is 13.0. The van der Waals surface area contributed by atoms with Crippen LogP contribution in [-0.4, -0.2) is 53.6 Å². The van der Waals surface area contributed by atoms with Crippen molar-refractivity contribution in [1.29, 1.82) is 0 Å². The van der Waals surface area contributed by atoms with Gasteiger partial charge in [0.2, 0.25) is 0 Å². The highest BCUT2D eigenvalue weighted by Gasteiger charge is 2.90. The molecule has 0 saturated heterocycles. The van der Waals surface area contributed by atoms with Gasteiger partial charge in [-0.3, -0.25) is 0 Å². The highest BCUT2D eigenvalue weighted by Crippen LogP contribution is 2.62. The van der Waals surface area contributed by atoms with Gasteiger partial charge in [-0.2, -0.15) is 83.4 Å². The highest BCUT2D eigenvalue weighted by molar-refractivity contribution is 5.15. The predicted octanol–water partition coefficient (Wildman–Crippen LogP) is 7.21. The first-order valence-electron chi connectivity index (χ1n) is 6.74. The topological polar surface area (TPSA) is 0 Å². The maximum absolute atomic E-state index is 13.3. The third-order valence-electron chi connectivity index (χ3n) is 3.58. The minimum atomic E-state index is -8.41. The molecule has 19 heteroatoms. The minimum absolute atomic E-state index is 1.51. The van der Waals surface area contributed by atoms with E-state index in [1.165, 1.54) is 0 Å². The zero-order valence-corrected chi connectivity index (χ0v) is 13.7. The molecule has 0 unspecified atom stereocenters. The highest BCUT2D eigenvalue weighted by atomic mass is 19.4. The minimum Gasteiger partial charge on any atom is -0.199 e. The van der Waals surface area contributed by atoms with Crippen molar-refractivity contribution in [2.75, 3.05) is 0 Å². The van der Waals surface area contributed by atoms with Crippen molar-refractivity contribution in [3.05, 3.63) is 12.7 Å². The van der Waals surface area contributed by atoms with Gasteiger partial charge in [-0.1, -0.05) is 6.58 Å². The van der Waals surface area contributed by atoms with Gasteiger partial charge >= 0.3 is 53.6 Å². The van der Waals surface area contributed by atoms with Gasteiger partial charge in [0, 0.05) is 0 Å². The van der Waals surface area contributed by atoms with E-state index in [0.29, 0.717) is 0 Å². The first kappa shape index (κ1) is 29.4. The maximum Gasteiger partial charge on any atom is 0.459 e. The van der Waals surface area contributed by atoms with Gasteiger partial charge in [-0.15, -0.1) is 0 Å². The van der Waals surface area contributed by atoms with Crippen molar-refractivity contribution >= 4 is 0 Å². The van der Waals surface area contributed by atoms with Crippen molar-refractivity contribution in [2.45, 2.75) is 60.0 Å². The van der Waals surface area contributed by atoms with Crippen LogP contribution in [0.5, 0.6) is 0 Å². The van der Waals surface area contributed by atoms with Gasteiger partial charge in [0.05, 0.1) is 6.42 Å². The molecule has 0 aliphatic rings. The molecular formula is C12H5F19. The Morgan fingerprint density at radius 3 is 1.00 bits per heavy atom. The SMILES string of the molecule is C=CC(F)(F)C(F)(F)C(F)(F)C(F)(F)C(F)(F)C(F)(F)CC(F)(F)C(F)(F)C(F)(F)F. The van der Waals surface area contributed by atoms with Crippen molar-refractivity contribution in [3.63, 3.8) is 0 Å². The second-order valence-electron chi connectivity index (χ2n) is 5.78. The molecule has 0 aromatic rings. The lowest BCUT2D eigenvalue weighted by Gasteiger charge is -2.41. The molecular weight excluding hydrogens is 505 g/mol. The standard InChI is InChI=1S/C12H5F19/c1-2-4(13,14)7(19,20)10(25,26)11(27,28)8(21,22)5(15,16)3-6(17,18)9(23,24)12(29,30)31/h2H,1,3H2. The zero-order valence-electron chi connectivity index (χ0n) is 13.7. The summed E-state index contributed by atoms with van der Waals surface area (Å²) < 4.78 is 244. The number of hydrogen-bond acceptors (Lipinski definition) is 0. The van der Waals surface area contributed by atoms with Crippen LogP contribution in [0.4, 0.5) is 83.4 Å². The summed E-state index contributed by atoms with van der Waals surface area (Å²) in [6, 6.07) is 0. The Kier molecular flexibility index (Phi) is 6.84. The molecule has 0 heterocycles. The summed E-state index contributed by atoms with van der Waals surface area (Å²) in [5.74, 6) is -61.8. The quantitative estimate of drug-likeness (QED) is 0.227. The third-order valence-corrected chi connectivity index (χ3v) is 3.58. The predicted molar refractivity (Wildman–Crippen MR) is 60.4 cm³/mol. The average molecular weight is 510 g/mol. The zero-order chi connectivity index (χ0) is 25.9. The lowest BCUT2D eigenvalue weighted by molar-refractivity contribution is -0.429. The maximum atomic E-state index is 13.3. The summed E-state index contributed by atoms with van der Waals surface area (Å²) in [5, 5.41) is 0. The second kappa shape index (κ2) is 7.21. The molecule has 0 spiro atoms. The lowest BCUT2D eigenvalue weighted by Crippen LogP contribution is -2.71. The Hall–Kier alpha value is -1.59. The van der Waals surface area contributed by atoms with Crippen LogP contribution in [0.2, 0.25) is 0 Å². The molecule has 0 fully saturated rings. The summed E-state index contributed by atoms with van der Waals surface area (Å²) in [6.07, 6.45) is -13.9. The van der Waals surface area contributed by atoms with E-state index in [-0.39, 0.29) is 0 Å². The van der Waals surface area contributed by atoms with E-state index in [1.807, 2.05) is 0 Å². The molecule has 0 aliphatic carbocycles. The Morgan fingerprint density at radius 1 is 0.419 bits per heavy atom. The monoisotopic (exact) mass is 510 g/mol. The largest absolute Gasteiger partial charge is 0.459 e. The Bertz CT molecular complexity index is 666. The van der Waals surface area contributed by atoms with Crippen molar-refractivity contribution < 1.29 is 83.4 Å². The van der Waals surface area contributed by atoms with Gasteiger partial charge in [0.1, 0.15) is 0 Å². The van der Waals surface area contributed by atoms with Crippen LogP contribution < -0.4 is 0 Å². The van der Waals surface area contributed by atoms with E-state index in [9.17, 15) is 83.4 Å².